The molecule has 0 fully saturated rings. The molecule has 2 N–H and O–H groups in total. The Morgan fingerprint density at radius 2 is 1.18 bits per heavy atom. The van der Waals surface area contributed by atoms with Gasteiger partial charge in [-0.1, -0.05) is 6.07 Å². The van der Waals surface area contributed by atoms with Crippen LogP contribution in [0.15, 0.2) is 72.8 Å². The second kappa shape index (κ2) is 8.26. The Morgan fingerprint density at radius 3 is 1.68 bits per heavy atom. The van der Waals surface area contributed by atoms with Gasteiger partial charge < -0.3 is 10.6 Å². The first-order valence-electron chi connectivity index (χ1n) is 8.52. The van der Waals surface area contributed by atoms with Crippen LogP contribution in [0.3, 0.4) is 0 Å². The predicted molar refractivity (Wildman–Crippen MR) is 105 cm³/mol. The van der Waals surface area contributed by atoms with Gasteiger partial charge in [-0.25, -0.2) is 4.39 Å². The second-order valence-electron chi connectivity index (χ2n) is 6.13. The van der Waals surface area contributed by atoms with Gasteiger partial charge in [0.25, 0.3) is 11.8 Å². The van der Waals surface area contributed by atoms with Gasteiger partial charge in [0.05, 0.1) is 0 Å². The highest BCUT2D eigenvalue weighted by molar-refractivity contribution is 6.07. The van der Waals surface area contributed by atoms with E-state index >= 15 is 0 Å². The molecule has 5 nitrogen and oxygen atoms in total. The molecule has 0 spiro atoms. The summed E-state index contributed by atoms with van der Waals surface area (Å²) in [4.78, 5) is 35.8. The monoisotopic (exact) mass is 376 g/mol. The normalized spacial score (nSPS) is 10.2. The minimum absolute atomic E-state index is 0.0509. The number of rotatable bonds is 5. The first kappa shape index (κ1) is 19.0. The highest BCUT2D eigenvalue weighted by Crippen LogP contribution is 2.14. The molecule has 0 saturated carbocycles. The molecule has 0 aliphatic rings. The van der Waals surface area contributed by atoms with Crippen molar-refractivity contribution in [3.63, 3.8) is 0 Å². The fourth-order valence-electron chi connectivity index (χ4n) is 2.53. The number of carbonyl (C=O) groups excluding carboxylic acids is 3. The zero-order valence-electron chi connectivity index (χ0n) is 15.0. The number of amides is 2. The lowest BCUT2D eigenvalue weighted by atomic mass is 10.1. The van der Waals surface area contributed by atoms with Crippen molar-refractivity contribution in [1.29, 1.82) is 0 Å². The highest BCUT2D eigenvalue weighted by atomic mass is 19.1. The molecular weight excluding hydrogens is 359 g/mol. The largest absolute Gasteiger partial charge is 0.322 e. The van der Waals surface area contributed by atoms with Crippen molar-refractivity contribution in [3.8, 4) is 0 Å². The lowest BCUT2D eigenvalue weighted by Crippen LogP contribution is -2.14. The molecule has 6 heteroatoms. The van der Waals surface area contributed by atoms with Crippen LogP contribution < -0.4 is 10.6 Å². The molecule has 28 heavy (non-hydrogen) atoms. The Hall–Kier alpha value is -3.80. The van der Waals surface area contributed by atoms with E-state index in [4.69, 9.17) is 0 Å². The van der Waals surface area contributed by atoms with Crippen molar-refractivity contribution in [2.24, 2.45) is 0 Å². The van der Waals surface area contributed by atoms with E-state index in [0.29, 0.717) is 28.1 Å². The molecule has 3 aromatic rings. The van der Waals surface area contributed by atoms with E-state index in [9.17, 15) is 18.8 Å². The smallest absolute Gasteiger partial charge is 0.255 e. The molecule has 0 unspecified atom stereocenters. The van der Waals surface area contributed by atoms with Crippen LogP contribution in [0.5, 0.6) is 0 Å². The zero-order valence-corrected chi connectivity index (χ0v) is 15.0. The standard InChI is InChI=1S/C22H17FN2O3/c1-14(26)15-9-11-19(12-10-15)24-21(27)16-5-7-17(8-6-16)22(28)25-20-4-2-3-18(23)13-20/h2-13H,1H3,(H,24,27)(H,25,28). The van der Waals surface area contributed by atoms with Crippen LogP contribution in [0.4, 0.5) is 15.8 Å². The summed E-state index contributed by atoms with van der Waals surface area (Å²) in [7, 11) is 0. The minimum atomic E-state index is -0.443. The maximum absolute atomic E-state index is 13.2. The van der Waals surface area contributed by atoms with Crippen LogP contribution in [0.1, 0.15) is 38.0 Å². The van der Waals surface area contributed by atoms with Crippen LogP contribution in [0, 0.1) is 5.82 Å². The number of hydrogen-bond donors (Lipinski definition) is 2. The van der Waals surface area contributed by atoms with Gasteiger partial charge in [-0.15, -0.1) is 0 Å². The Labute approximate surface area is 161 Å². The van der Waals surface area contributed by atoms with Crippen LogP contribution in [-0.4, -0.2) is 17.6 Å². The molecule has 2 amide bonds. The lowest BCUT2D eigenvalue weighted by Gasteiger charge is -2.08. The fourth-order valence-corrected chi connectivity index (χ4v) is 2.53. The average molecular weight is 376 g/mol. The van der Waals surface area contributed by atoms with Gasteiger partial charge in [0.2, 0.25) is 0 Å². The molecule has 0 bridgehead atoms. The number of nitrogens with one attached hydrogen (secondary N) is 2. The van der Waals surface area contributed by atoms with Crippen molar-refractivity contribution in [2.45, 2.75) is 6.92 Å². The molecule has 3 rings (SSSR count). The van der Waals surface area contributed by atoms with Gasteiger partial charge in [0.1, 0.15) is 5.82 Å². The third kappa shape index (κ3) is 4.67. The zero-order chi connectivity index (χ0) is 20.1. The fraction of sp³-hybridized carbons (Fsp3) is 0.0455. The quantitative estimate of drug-likeness (QED) is 0.642. The minimum Gasteiger partial charge on any atom is -0.322 e. The van der Waals surface area contributed by atoms with Crippen molar-refractivity contribution in [3.05, 3.63) is 95.3 Å². The molecule has 0 heterocycles. The average Bonchev–Trinajstić information content (AvgIpc) is 2.68. The number of halogens is 1. The second-order valence-corrected chi connectivity index (χ2v) is 6.13. The summed E-state index contributed by atoms with van der Waals surface area (Å²) in [5, 5.41) is 5.32. The summed E-state index contributed by atoms with van der Waals surface area (Å²) in [6.45, 7) is 1.47. The molecule has 0 saturated heterocycles. The first-order valence-corrected chi connectivity index (χ1v) is 8.52. The van der Waals surface area contributed by atoms with E-state index in [1.54, 1.807) is 30.3 Å². The van der Waals surface area contributed by atoms with Crippen LogP contribution in [0.25, 0.3) is 0 Å². The van der Waals surface area contributed by atoms with E-state index in [1.807, 2.05) is 0 Å². The Balaban J connectivity index is 1.65. The number of benzene rings is 3. The van der Waals surface area contributed by atoms with Gasteiger partial charge in [-0.2, -0.15) is 0 Å². The van der Waals surface area contributed by atoms with E-state index in [0.717, 1.165) is 0 Å². The van der Waals surface area contributed by atoms with Crippen molar-refractivity contribution in [1.82, 2.24) is 0 Å². The Morgan fingerprint density at radius 1 is 0.679 bits per heavy atom. The Kier molecular flexibility index (Phi) is 5.60. The third-order valence-corrected chi connectivity index (χ3v) is 4.04. The van der Waals surface area contributed by atoms with Crippen LogP contribution in [-0.2, 0) is 0 Å². The molecular formula is C22H17FN2O3. The summed E-state index contributed by atoms with van der Waals surface area (Å²) in [6, 6.07) is 18.3. The molecule has 3 aromatic carbocycles. The lowest BCUT2D eigenvalue weighted by molar-refractivity contribution is 0.101. The molecule has 0 radical (unpaired) electrons. The van der Waals surface area contributed by atoms with Crippen molar-refractivity contribution >= 4 is 29.0 Å². The molecule has 0 atom stereocenters. The first-order chi connectivity index (χ1) is 13.4. The number of Topliss-reactive ketones (excluding diaryl/α,β-unsaturated/α-hetero) is 1. The van der Waals surface area contributed by atoms with Gasteiger partial charge >= 0.3 is 0 Å². The summed E-state index contributed by atoms with van der Waals surface area (Å²) in [6.07, 6.45) is 0. The maximum Gasteiger partial charge on any atom is 0.255 e. The number of hydrogen-bond acceptors (Lipinski definition) is 3. The summed E-state index contributed by atoms with van der Waals surface area (Å²) < 4.78 is 13.2. The molecule has 0 aliphatic carbocycles. The SMILES string of the molecule is CC(=O)c1ccc(NC(=O)c2ccc(C(=O)Nc3cccc(F)c3)cc2)cc1. The highest BCUT2D eigenvalue weighted by Gasteiger charge is 2.10. The van der Waals surface area contributed by atoms with E-state index in [2.05, 4.69) is 10.6 Å². The van der Waals surface area contributed by atoms with Gasteiger partial charge in [-0.05, 0) is 73.7 Å². The van der Waals surface area contributed by atoms with E-state index in [1.165, 1.54) is 49.4 Å². The van der Waals surface area contributed by atoms with Crippen molar-refractivity contribution < 1.29 is 18.8 Å². The number of carbonyl (C=O) groups is 3. The number of ketones is 1. The Bertz CT molecular complexity index is 1030. The topological polar surface area (TPSA) is 75.3 Å². The summed E-state index contributed by atoms with van der Waals surface area (Å²) >= 11 is 0. The molecule has 0 aliphatic heterocycles. The van der Waals surface area contributed by atoms with Crippen LogP contribution >= 0.6 is 0 Å². The van der Waals surface area contributed by atoms with E-state index in [-0.39, 0.29) is 11.7 Å². The summed E-state index contributed by atoms with van der Waals surface area (Å²) in [5.41, 5.74) is 2.18. The predicted octanol–water partition coefficient (Wildman–Crippen LogP) is 4.53. The maximum atomic E-state index is 13.2. The van der Waals surface area contributed by atoms with Gasteiger partial charge in [0, 0.05) is 28.1 Å². The van der Waals surface area contributed by atoms with Gasteiger partial charge in [0.15, 0.2) is 5.78 Å². The van der Waals surface area contributed by atoms with Gasteiger partial charge in [-0.3, -0.25) is 14.4 Å². The molecule has 140 valence electrons. The summed E-state index contributed by atoms with van der Waals surface area (Å²) in [5.74, 6) is -1.24. The number of anilines is 2. The molecule has 0 aromatic heterocycles. The third-order valence-electron chi connectivity index (χ3n) is 4.04. The van der Waals surface area contributed by atoms with Crippen molar-refractivity contribution in [2.75, 3.05) is 10.6 Å². The van der Waals surface area contributed by atoms with Crippen LogP contribution in [0.2, 0.25) is 0 Å². The van der Waals surface area contributed by atoms with E-state index < -0.39 is 11.7 Å².